The summed E-state index contributed by atoms with van der Waals surface area (Å²) in [6.07, 6.45) is 45.8. The number of carboxylic acid groups (broad SMARTS) is 1. The van der Waals surface area contributed by atoms with Crippen LogP contribution in [-0.2, 0) is 19.1 Å². The minimum atomic E-state index is -1.02. The first-order valence-electron chi connectivity index (χ1n) is 21.0. The first-order chi connectivity index (χ1) is 24.0. The Morgan fingerprint density at radius 2 is 0.878 bits per heavy atom. The topological polar surface area (TPSA) is 92.7 Å². The molecule has 0 bridgehead atoms. The zero-order valence-electron chi connectivity index (χ0n) is 32.3. The summed E-state index contributed by atoms with van der Waals surface area (Å²) >= 11 is 0. The lowest BCUT2D eigenvalue weighted by Gasteiger charge is -2.18. The average molecular weight is 690 g/mol. The minimum absolute atomic E-state index is 0.0101. The molecule has 0 spiro atoms. The van der Waals surface area contributed by atoms with Gasteiger partial charge in [0.25, 0.3) is 0 Å². The number of nitrogens with one attached hydrogen (secondary N) is 1. The summed E-state index contributed by atoms with van der Waals surface area (Å²) in [5.74, 6) is -1.24. The highest BCUT2D eigenvalue weighted by Crippen LogP contribution is 2.18. The van der Waals surface area contributed by atoms with E-state index in [0.717, 1.165) is 70.6 Å². The van der Waals surface area contributed by atoms with Crippen molar-refractivity contribution < 1.29 is 24.2 Å². The third-order valence-corrected chi connectivity index (χ3v) is 9.35. The molecule has 0 aliphatic carbocycles. The average Bonchev–Trinajstić information content (AvgIpc) is 3.08. The van der Waals surface area contributed by atoms with Crippen molar-refractivity contribution in [1.82, 2.24) is 5.32 Å². The Morgan fingerprint density at radius 3 is 1.37 bits per heavy atom. The van der Waals surface area contributed by atoms with Crippen molar-refractivity contribution in [3.8, 4) is 0 Å². The Bertz CT molecular complexity index is 808. The maximum atomic E-state index is 12.7. The standard InChI is InChI=1S/C43H79NO5/c1-3-5-7-9-11-13-15-17-18-19-20-22-24-27-31-35-40(36-32-28-26-29-33-37-41(45)44-39-42(46)47)49-43(48)38-34-30-25-23-21-16-14-12-10-8-6-4-2/h12,14,19-20,40H,3-11,13,15-18,21-39H2,1-2H3,(H,44,45)(H,46,47)/b14-12-,20-19-. The Morgan fingerprint density at radius 1 is 0.510 bits per heavy atom. The van der Waals surface area contributed by atoms with Crippen molar-refractivity contribution in [3.05, 3.63) is 24.3 Å². The number of carbonyl (C=O) groups is 3. The maximum absolute atomic E-state index is 12.7. The van der Waals surface area contributed by atoms with E-state index in [4.69, 9.17) is 9.84 Å². The van der Waals surface area contributed by atoms with E-state index in [-0.39, 0.29) is 24.5 Å². The molecule has 6 heteroatoms. The number of unbranched alkanes of at least 4 members (excludes halogenated alkanes) is 23. The monoisotopic (exact) mass is 690 g/mol. The largest absolute Gasteiger partial charge is 0.480 e. The van der Waals surface area contributed by atoms with Crippen LogP contribution in [0.25, 0.3) is 0 Å². The summed E-state index contributed by atoms with van der Waals surface area (Å²) in [7, 11) is 0. The van der Waals surface area contributed by atoms with Crippen LogP contribution in [0.15, 0.2) is 24.3 Å². The van der Waals surface area contributed by atoms with Crippen molar-refractivity contribution in [2.24, 2.45) is 0 Å². The summed E-state index contributed by atoms with van der Waals surface area (Å²) in [4.78, 5) is 35.0. The number of carbonyl (C=O) groups excluding carboxylic acids is 2. The molecule has 0 fully saturated rings. The van der Waals surface area contributed by atoms with Gasteiger partial charge in [0, 0.05) is 12.8 Å². The Kier molecular flexibility index (Phi) is 37.0. The van der Waals surface area contributed by atoms with E-state index < -0.39 is 5.97 Å². The second-order valence-electron chi connectivity index (χ2n) is 14.2. The lowest BCUT2D eigenvalue weighted by Crippen LogP contribution is -2.28. The molecule has 6 nitrogen and oxygen atoms in total. The van der Waals surface area contributed by atoms with Crippen LogP contribution in [-0.4, -0.2) is 35.6 Å². The van der Waals surface area contributed by atoms with E-state index in [1.165, 1.54) is 122 Å². The number of aliphatic carboxylic acids is 1. The molecule has 0 saturated carbocycles. The van der Waals surface area contributed by atoms with Crippen LogP contribution in [0.4, 0.5) is 0 Å². The molecular formula is C43H79NO5. The number of hydrogen-bond acceptors (Lipinski definition) is 4. The zero-order chi connectivity index (χ0) is 35.9. The first-order valence-corrected chi connectivity index (χ1v) is 21.0. The normalized spacial score (nSPS) is 12.2. The van der Waals surface area contributed by atoms with Crippen molar-refractivity contribution in [2.45, 2.75) is 225 Å². The van der Waals surface area contributed by atoms with Crippen LogP contribution in [0, 0.1) is 0 Å². The summed E-state index contributed by atoms with van der Waals surface area (Å²) in [5.41, 5.74) is 0. The number of amides is 1. The molecule has 0 aromatic rings. The van der Waals surface area contributed by atoms with Crippen LogP contribution >= 0.6 is 0 Å². The number of esters is 1. The molecule has 0 aliphatic rings. The van der Waals surface area contributed by atoms with Gasteiger partial charge in [0.05, 0.1) is 0 Å². The van der Waals surface area contributed by atoms with Crippen LogP contribution in [0.2, 0.25) is 0 Å². The molecule has 0 aromatic carbocycles. The Labute approximate surface area is 303 Å². The molecule has 1 amide bonds. The van der Waals surface area contributed by atoms with E-state index in [9.17, 15) is 14.4 Å². The summed E-state index contributed by atoms with van der Waals surface area (Å²) in [6, 6.07) is 0. The molecule has 0 aromatic heterocycles. The maximum Gasteiger partial charge on any atom is 0.322 e. The lowest BCUT2D eigenvalue weighted by molar-refractivity contribution is -0.150. The molecule has 0 saturated heterocycles. The summed E-state index contributed by atoms with van der Waals surface area (Å²) in [5, 5.41) is 11.1. The van der Waals surface area contributed by atoms with Gasteiger partial charge in [0.2, 0.25) is 5.91 Å². The number of rotatable bonds is 38. The number of allylic oxidation sites excluding steroid dienone is 4. The first kappa shape index (κ1) is 46.9. The van der Waals surface area contributed by atoms with Crippen LogP contribution < -0.4 is 5.32 Å². The highest BCUT2D eigenvalue weighted by Gasteiger charge is 2.14. The third-order valence-electron chi connectivity index (χ3n) is 9.35. The van der Waals surface area contributed by atoms with Gasteiger partial charge >= 0.3 is 11.9 Å². The van der Waals surface area contributed by atoms with Gasteiger partial charge < -0.3 is 15.2 Å². The van der Waals surface area contributed by atoms with E-state index >= 15 is 0 Å². The van der Waals surface area contributed by atoms with Crippen molar-refractivity contribution >= 4 is 17.8 Å². The fourth-order valence-electron chi connectivity index (χ4n) is 6.21. The van der Waals surface area contributed by atoms with Gasteiger partial charge in [0.1, 0.15) is 12.6 Å². The van der Waals surface area contributed by atoms with Gasteiger partial charge in [-0.05, 0) is 89.9 Å². The molecule has 0 heterocycles. The van der Waals surface area contributed by atoms with Crippen LogP contribution in [0.5, 0.6) is 0 Å². The molecule has 1 unspecified atom stereocenters. The summed E-state index contributed by atoms with van der Waals surface area (Å²) < 4.78 is 6.01. The zero-order valence-corrected chi connectivity index (χ0v) is 32.3. The van der Waals surface area contributed by atoms with E-state index in [0.29, 0.717) is 12.8 Å². The quantitative estimate of drug-likeness (QED) is 0.0382. The molecule has 0 radical (unpaired) electrons. The second kappa shape index (κ2) is 38.7. The van der Waals surface area contributed by atoms with Crippen molar-refractivity contribution in [1.29, 1.82) is 0 Å². The fourth-order valence-corrected chi connectivity index (χ4v) is 6.21. The molecule has 49 heavy (non-hydrogen) atoms. The van der Waals surface area contributed by atoms with Crippen molar-refractivity contribution in [2.75, 3.05) is 6.54 Å². The van der Waals surface area contributed by atoms with E-state index in [2.05, 4.69) is 43.5 Å². The number of ether oxygens (including phenoxy) is 1. The third kappa shape index (κ3) is 38.5. The molecule has 0 rings (SSSR count). The van der Waals surface area contributed by atoms with Gasteiger partial charge in [-0.15, -0.1) is 0 Å². The smallest absolute Gasteiger partial charge is 0.322 e. The summed E-state index contributed by atoms with van der Waals surface area (Å²) in [6.45, 7) is 4.21. The predicted octanol–water partition coefficient (Wildman–Crippen LogP) is 12.7. The lowest BCUT2D eigenvalue weighted by atomic mass is 10.0. The molecule has 1 atom stereocenters. The number of carboxylic acids is 1. The van der Waals surface area contributed by atoms with E-state index in [1.54, 1.807) is 0 Å². The van der Waals surface area contributed by atoms with Crippen molar-refractivity contribution in [3.63, 3.8) is 0 Å². The highest BCUT2D eigenvalue weighted by atomic mass is 16.5. The van der Waals surface area contributed by atoms with Crippen LogP contribution in [0.3, 0.4) is 0 Å². The molecule has 286 valence electrons. The number of hydrogen-bond donors (Lipinski definition) is 2. The predicted molar refractivity (Wildman–Crippen MR) is 208 cm³/mol. The second-order valence-corrected chi connectivity index (χ2v) is 14.2. The SMILES string of the molecule is CCCCC/C=C\CCCCCCCC(=O)OC(CCCCC/C=C\CCCCCCCCCC)CCCCCCCC(=O)NCC(=O)O. The van der Waals surface area contributed by atoms with Gasteiger partial charge in [-0.3, -0.25) is 14.4 Å². The fraction of sp³-hybridized carbons (Fsp3) is 0.837. The van der Waals surface area contributed by atoms with Crippen LogP contribution in [0.1, 0.15) is 219 Å². The minimum Gasteiger partial charge on any atom is -0.480 e. The van der Waals surface area contributed by atoms with Gasteiger partial charge in [-0.2, -0.15) is 0 Å². The van der Waals surface area contributed by atoms with Gasteiger partial charge in [0.15, 0.2) is 0 Å². The molecular weight excluding hydrogens is 610 g/mol. The highest BCUT2D eigenvalue weighted by molar-refractivity contribution is 5.80. The molecule has 2 N–H and O–H groups in total. The van der Waals surface area contributed by atoms with Gasteiger partial charge in [-0.1, -0.05) is 141 Å². The Hall–Kier alpha value is -2.11. The Balaban J connectivity index is 4.22. The molecule has 0 aliphatic heterocycles. The van der Waals surface area contributed by atoms with E-state index in [1.807, 2.05) is 0 Å². The van der Waals surface area contributed by atoms with Gasteiger partial charge in [-0.25, -0.2) is 0 Å².